The molecule has 0 bridgehead atoms. The van der Waals surface area contributed by atoms with Crippen LogP contribution in [0.1, 0.15) is 15.9 Å². The summed E-state index contributed by atoms with van der Waals surface area (Å²) in [6, 6.07) is 5.56. The zero-order valence-corrected chi connectivity index (χ0v) is 10.6. The summed E-state index contributed by atoms with van der Waals surface area (Å²) in [5.41, 5.74) is 0.719. The number of hydrogen-bond acceptors (Lipinski definition) is 3. The van der Waals surface area contributed by atoms with Crippen LogP contribution in [0.25, 0.3) is 0 Å². The van der Waals surface area contributed by atoms with E-state index in [4.69, 9.17) is 21.4 Å². The molecule has 98 valence electrons. The molecule has 1 aromatic carbocycles. The van der Waals surface area contributed by atoms with Crippen LogP contribution in [0.5, 0.6) is 11.6 Å². The van der Waals surface area contributed by atoms with Gasteiger partial charge in [0, 0.05) is 6.20 Å². The van der Waals surface area contributed by atoms with Gasteiger partial charge in [-0.15, -0.1) is 0 Å². The van der Waals surface area contributed by atoms with E-state index < -0.39 is 11.8 Å². The van der Waals surface area contributed by atoms with Gasteiger partial charge < -0.3 is 9.84 Å². The zero-order valence-electron chi connectivity index (χ0n) is 9.85. The van der Waals surface area contributed by atoms with E-state index >= 15 is 0 Å². The fourth-order valence-electron chi connectivity index (χ4n) is 1.47. The topological polar surface area (TPSA) is 59.4 Å². The Morgan fingerprint density at radius 3 is 2.79 bits per heavy atom. The summed E-state index contributed by atoms with van der Waals surface area (Å²) in [7, 11) is 0. The maximum atomic E-state index is 13.6. The maximum Gasteiger partial charge on any atom is 0.339 e. The molecule has 0 saturated heterocycles. The highest BCUT2D eigenvalue weighted by Crippen LogP contribution is 2.28. The van der Waals surface area contributed by atoms with Crippen molar-refractivity contribution in [2.75, 3.05) is 0 Å². The molecule has 6 heteroatoms. The van der Waals surface area contributed by atoms with Gasteiger partial charge in [-0.1, -0.05) is 17.7 Å². The van der Waals surface area contributed by atoms with Gasteiger partial charge in [0.2, 0.25) is 0 Å². The highest BCUT2D eigenvalue weighted by molar-refractivity contribution is 6.30. The molecule has 0 saturated carbocycles. The quantitative estimate of drug-likeness (QED) is 0.932. The lowest BCUT2D eigenvalue weighted by Crippen LogP contribution is -2.02. The van der Waals surface area contributed by atoms with Crippen LogP contribution in [0.3, 0.4) is 0 Å². The zero-order chi connectivity index (χ0) is 14.0. The third kappa shape index (κ3) is 3.00. The van der Waals surface area contributed by atoms with E-state index in [2.05, 4.69) is 4.98 Å². The number of hydrogen-bond donors (Lipinski definition) is 1. The van der Waals surface area contributed by atoms with Crippen molar-refractivity contribution >= 4 is 17.6 Å². The third-order valence-corrected chi connectivity index (χ3v) is 2.55. The largest absolute Gasteiger partial charge is 0.478 e. The van der Waals surface area contributed by atoms with E-state index in [-0.39, 0.29) is 22.2 Å². The number of halogens is 2. The fourth-order valence-corrected chi connectivity index (χ4v) is 1.62. The smallest absolute Gasteiger partial charge is 0.339 e. The Labute approximate surface area is 113 Å². The van der Waals surface area contributed by atoms with Crippen LogP contribution in [-0.2, 0) is 0 Å². The molecule has 1 aromatic heterocycles. The molecule has 2 rings (SSSR count). The normalized spacial score (nSPS) is 10.3. The number of benzene rings is 1. The number of aromatic nitrogens is 1. The van der Waals surface area contributed by atoms with Crippen molar-refractivity contribution < 1.29 is 19.0 Å². The monoisotopic (exact) mass is 281 g/mol. The highest BCUT2D eigenvalue weighted by atomic mass is 35.5. The van der Waals surface area contributed by atoms with Gasteiger partial charge >= 0.3 is 5.97 Å². The van der Waals surface area contributed by atoms with Gasteiger partial charge in [0.1, 0.15) is 11.3 Å². The summed E-state index contributed by atoms with van der Waals surface area (Å²) >= 11 is 5.57. The number of rotatable bonds is 3. The number of aromatic carboxylic acids is 1. The van der Waals surface area contributed by atoms with Crippen LogP contribution in [0.15, 0.2) is 30.5 Å². The lowest BCUT2D eigenvalue weighted by atomic mass is 10.1. The first-order valence-corrected chi connectivity index (χ1v) is 5.68. The molecule has 0 atom stereocenters. The molecular weight excluding hydrogens is 273 g/mol. The van der Waals surface area contributed by atoms with Crippen LogP contribution >= 0.6 is 11.6 Å². The summed E-state index contributed by atoms with van der Waals surface area (Å²) in [6.07, 6.45) is 1.22. The number of ether oxygens (including phenoxy) is 1. The molecule has 2 aromatic rings. The van der Waals surface area contributed by atoms with Crippen molar-refractivity contribution in [3.63, 3.8) is 0 Å². The molecule has 19 heavy (non-hydrogen) atoms. The van der Waals surface area contributed by atoms with E-state index in [0.29, 0.717) is 0 Å². The van der Waals surface area contributed by atoms with E-state index in [0.717, 1.165) is 11.6 Å². The molecule has 0 aliphatic rings. The molecular formula is C13H9ClFNO3. The highest BCUT2D eigenvalue weighted by Gasteiger charge is 2.15. The van der Waals surface area contributed by atoms with Crippen molar-refractivity contribution in [1.29, 1.82) is 0 Å². The number of carboxylic acids is 1. The van der Waals surface area contributed by atoms with Gasteiger partial charge in [-0.25, -0.2) is 14.2 Å². The Balaban J connectivity index is 2.42. The van der Waals surface area contributed by atoms with E-state index in [1.807, 2.05) is 0 Å². The van der Waals surface area contributed by atoms with Crippen LogP contribution in [0.2, 0.25) is 5.02 Å². The second-order valence-electron chi connectivity index (χ2n) is 3.85. The predicted octanol–water partition coefficient (Wildman–Crippen LogP) is 3.67. The minimum atomic E-state index is -1.16. The SMILES string of the molecule is Cc1ccc(C(=O)O)c(Oc2ncc(Cl)cc2F)c1. The van der Waals surface area contributed by atoms with Crippen molar-refractivity contribution in [2.45, 2.75) is 6.92 Å². The number of carbonyl (C=O) groups is 1. The van der Waals surface area contributed by atoms with Gasteiger partial charge in [0.15, 0.2) is 5.82 Å². The summed E-state index contributed by atoms with van der Waals surface area (Å²) in [5.74, 6) is -2.21. The molecule has 0 unspecified atom stereocenters. The van der Waals surface area contributed by atoms with Gasteiger partial charge in [-0.3, -0.25) is 0 Å². The van der Waals surface area contributed by atoms with Gasteiger partial charge in [0.05, 0.1) is 5.02 Å². The molecule has 0 aliphatic carbocycles. The minimum absolute atomic E-state index is 0.0289. The Morgan fingerprint density at radius 1 is 1.42 bits per heavy atom. The van der Waals surface area contributed by atoms with Crippen molar-refractivity contribution in [1.82, 2.24) is 4.98 Å². The molecule has 4 nitrogen and oxygen atoms in total. The second-order valence-corrected chi connectivity index (χ2v) is 4.28. The number of nitrogens with zero attached hydrogens (tertiary/aromatic N) is 1. The van der Waals surface area contributed by atoms with Crippen LogP contribution in [0, 0.1) is 12.7 Å². The number of pyridine rings is 1. The molecule has 1 heterocycles. The van der Waals surface area contributed by atoms with Crippen molar-refractivity contribution in [3.8, 4) is 11.6 Å². The lowest BCUT2D eigenvalue weighted by Gasteiger charge is -2.09. The Bertz CT molecular complexity index is 646. The Hall–Kier alpha value is -2.14. The Kier molecular flexibility index (Phi) is 3.66. The second kappa shape index (κ2) is 5.24. The molecule has 0 aliphatic heterocycles. The number of aryl methyl sites for hydroxylation is 1. The van der Waals surface area contributed by atoms with Gasteiger partial charge in [-0.05, 0) is 30.7 Å². The van der Waals surface area contributed by atoms with Gasteiger partial charge in [0.25, 0.3) is 5.88 Å². The first kappa shape index (κ1) is 13.3. The third-order valence-electron chi connectivity index (χ3n) is 2.35. The molecule has 0 spiro atoms. The Morgan fingerprint density at radius 2 is 2.16 bits per heavy atom. The first-order chi connectivity index (χ1) is 8.97. The van der Waals surface area contributed by atoms with Crippen molar-refractivity contribution in [3.05, 3.63) is 52.4 Å². The standard InChI is InChI=1S/C13H9ClFNO3/c1-7-2-3-9(13(17)18)11(4-7)19-12-10(15)5-8(14)6-16-12/h2-6H,1H3,(H,17,18). The molecule has 0 amide bonds. The van der Waals surface area contributed by atoms with Crippen LogP contribution in [0.4, 0.5) is 4.39 Å². The van der Waals surface area contributed by atoms with E-state index in [1.165, 1.54) is 18.3 Å². The summed E-state index contributed by atoms with van der Waals surface area (Å²) in [4.78, 5) is 14.7. The summed E-state index contributed by atoms with van der Waals surface area (Å²) in [5, 5.41) is 9.16. The lowest BCUT2D eigenvalue weighted by molar-refractivity contribution is 0.0694. The molecule has 0 fully saturated rings. The predicted molar refractivity (Wildman–Crippen MR) is 67.4 cm³/mol. The average molecular weight is 282 g/mol. The van der Waals surface area contributed by atoms with Crippen molar-refractivity contribution in [2.24, 2.45) is 0 Å². The summed E-state index contributed by atoms with van der Waals surface area (Å²) < 4.78 is 18.8. The first-order valence-electron chi connectivity index (χ1n) is 5.30. The van der Waals surface area contributed by atoms with Crippen LogP contribution in [-0.4, -0.2) is 16.1 Å². The van der Waals surface area contributed by atoms with Crippen LogP contribution < -0.4 is 4.74 Å². The fraction of sp³-hybridized carbons (Fsp3) is 0.0769. The minimum Gasteiger partial charge on any atom is -0.478 e. The van der Waals surface area contributed by atoms with Gasteiger partial charge in [-0.2, -0.15) is 0 Å². The van der Waals surface area contributed by atoms with E-state index in [1.54, 1.807) is 13.0 Å². The maximum absolute atomic E-state index is 13.6. The number of carboxylic acid groups (broad SMARTS) is 1. The van der Waals surface area contributed by atoms with E-state index in [9.17, 15) is 9.18 Å². The summed E-state index contributed by atoms with van der Waals surface area (Å²) in [6.45, 7) is 1.77. The average Bonchev–Trinajstić information content (AvgIpc) is 2.32. The molecule has 1 N–H and O–H groups in total. The molecule has 0 radical (unpaired) electrons.